The first-order valence-electron chi connectivity index (χ1n) is 13.4. The molecular weight excluding hydrogens is 508 g/mol. The van der Waals surface area contributed by atoms with Crippen molar-refractivity contribution in [3.8, 4) is 0 Å². The van der Waals surface area contributed by atoms with Gasteiger partial charge >= 0.3 is 11.9 Å². The molecule has 0 aliphatic carbocycles. The second-order valence-electron chi connectivity index (χ2n) is 11.0. The van der Waals surface area contributed by atoms with E-state index in [9.17, 15) is 24.3 Å². The molecule has 38 heavy (non-hydrogen) atoms. The standard InChI is InChI=1S/C27H44N4O6S/c1-9-17(5)23(29-24(33)21-12-16(4)10-11-30(21)7)26(34)31(8)20(15(2)3)13-22(37-18(6)32)25-28-19(14-38-25)27(35)36/h14-17,20-23H,9-13H2,1-8H3,(H,29,33)(H,35,36)/t16-,17+,20-,21-,22-,23+/m1/s1. The molecule has 1 fully saturated rings. The number of likely N-dealkylation sites (tertiary alicyclic amines) is 1. The minimum Gasteiger partial charge on any atom is -0.476 e. The van der Waals surface area contributed by atoms with Gasteiger partial charge < -0.3 is 20.1 Å². The van der Waals surface area contributed by atoms with Crippen LogP contribution < -0.4 is 5.32 Å². The minimum absolute atomic E-state index is 0.0143. The van der Waals surface area contributed by atoms with Crippen molar-refractivity contribution in [1.82, 2.24) is 20.1 Å². The van der Waals surface area contributed by atoms with Crippen molar-refractivity contribution < 1.29 is 29.0 Å². The molecule has 2 N–H and O–H groups in total. The molecule has 2 amide bonds. The summed E-state index contributed by atoms with van der Waals surface area (Å²) in [6.45, 7) is 12.2. The Hall–Kier alpha value is -2.53. The molecule has 0 unspecified atom stereocenters. The fourth-order valence-electron chi connectivity index (χ4n) is 4.91. The maximum Gasteiger partial charge on any atom is 0.355 e. The van der Waals surface area contributed by atoms with Gasteiger partial charge in [0.05, 0.1) is 6.04 Å². The zero-order valence-corrected chi connectivity index (χ0v) is 24.7. The first-order chi connectivity index (χ1) is 17.8. The number of hydrogen-bond donors (Lipinski definition) is 2. The van der Waals surface area contributed by atoms with E-state index in [4.69, 9.17) is 4.74 Å². The van der Waals surface area contributed by atoms with Crippen molar-refractivity contribution in [2.75, 3.05) is 20.6 Å². The summed E-state index contributed by atoms with van der Waals surface area (Å²) in [5.74, 6) is -1.67. The summed E-state index contributed by atoms with van der Waals surface area (Å²) in [6, 6.07) is -1.33. The van der Waals surface area contributed by atoms with Gasteiger partial charge in [-0.3, -0.25) is 19.3 Å². The Morgan fingerprint density at radius 2 is 1.95 bits per heavy atom. The van der Waals surface area contributed by atoms with Crippen LogP contribution in [0.25, 0.3) is 0 Å². The van der Waals surface area contributed by atoms with Crippen molar-refractivity contribution in [2.45, 2.75) is 91.5 Å². The highest BCUT2D eigenvalue weighted by Crippen LogP contribution is 2.31. The average Bonchev–Trinajstić information content (AvgIpc) is 3.35. The number of likely N-dealkylation sites (N-methyl/N-ethyl adjacent to an activating group) is 2. The lowest BCUT2D eigenvalue weighted by atomic mass is 9.90. The van der Waals surface area contributed by atoms with Gasteiger partial charge in [0.1, 0.15) is 11.0 Å². The predicted octanol–water partition coefficient (Wildman–Crippen LogP) is 3.58. The first kappa shape index (κ1) is 31.7. The molecule has 0 saturated carbocycles. The maximum atomic E-state index is 13.9. The number of piperidine rings is 1. The molecule has 214 valence electrons. The van der Waals surface area contributed by atoms with Gasteiger partial charge in [0.2, 0.25) is 11.8 Å². The van der Waals surface area contributed by atoms with Gasteiger partial charge in [-0.15, -0.1) is 11.3 Å². The van der Waals surface area contributed by atoms with Crippen LogP contribution in [0.5, 0.6) is 0 Å². The Bertz CT molecular complexity index is 983. The SMILES string of the molecule is CC[C@H](C)[C@H](NC(=O)[C@H]1C[C@H](C)CCN1C)C(=O)N(C)[C@H](C[C@@H](OC(C)=O)c1nc(C(=O)O)cs1)C(C)C. The molecule has 0 spiro atoms. The molecular formula is C27H44N4O6S. The smallest absolute Gasteiger partial charge is 0.355 e. The number of amides is 2. The summed E-state index contributed by atoms with van der Waals surface area (Å²) in [4.78, 5) is 58.3. The Morgan fingerprint density at radius 3 is 2.47 bits per heavy atom. The number of hydrogen-bond acceptors (Lipinski definition) is 8. The van der Waals surface area contributed by atoms with Gasteiger partial charge in [0.25, 0.3) is 0 Å². The number of esters is 1. The Kier molecular flexibility index (Phi) is 11.7. The van der Waals surface area contributed by atoms with Crippen LogP contribution >= 0.6 is 11.3 Å². The van der Waals surface area contributed by atoms with Crippen LogP contribution in [0, 0.1) is 17.8 Å². The number of carbonyl (C=O) groups excluding carboxylic acids is 3. The van der Waals surface area contributed by atoms with Gasteiger partial charge in [-0.05, 0) is 44.2 Å². The molecule has 0 aromatic carbocycles. The third-order valence-corrected chi connectivity index (χ3v) is 8.54. The number of aromatic carboxylic acids is 1. The number of ether oxygens (including phenoxy) is 1. The van der Waals surface area contributed by atoms with Crippen LogP contribution in [0.4, 0.5) is 0 Å². The predicted molar refractivity (Wildman–Crippen MR) is 146 cm³/mol. The summed E-state index contributed by atoms with van der Waals surface area (Å²) < 4.78 is 5.54. The molecule has 0 bridgehead atoms. The summed E-state index contributed by atoms with van der Waals surface area (Å²) >= 11 is 1.11. The third-order valence-electron chi connectivity index (χ3n) is 7.61. The van der Waals surface area contributed by atoms with E-state index < -0.39 is 24.1 Å². The van der Waals surface area contributed by atoms with Crippen molar-refractivity contribution >= 4 is 35.1 Å². The molecule has 11 heteroatoms. The van der Waals surface area contributed by atoms with Crippen LogP contribution in [0.3, 0.4) is 0 Å². The second kappa shape index (κ2) is 14.0. The number of carbonyl (C=O) groups is 4. The molecule has 6 atom stereocenters. The molecule has 2 heterocycles. The molecule has 10 nitrogen and oxygen atoms in total. The van der Waals surface area contributed by atoms with Gasteiger partial charge in [0.15, 0.2) is 11.8 Å². The Labute approximate surface area is 230 Å². The molecule has 2 rings (SSSR count). The van der Waals surface area contributed by atoms with E-state index in [1.165, 1.54) is 12.3 Å². The average molecular weight is 553 g/mol. The van der Waals surface area contributed by atoms with Gasteiger partial charge in [-0.25, -0.2) is 9.78 Å². The topological polar surface area (TPSA) is 129 Å². The molecule has 1 aromatic rings. The minimum atomic E-state index is -1.16. The van der Waals surface area contributed by atoms with Crippen LogP contribution in [0.2, 0.25) is 0 Å². The van der Waals surface area contributed by atoms with Crippen molar-refractivity contribution in [3.05, 3.63) is 16.1 Å². The van der Waals surface area contributed by atoms with Crippen molar-refractivity contribution in [1.29, 1.82) is 0 Å². The van der Waals surface area contributed by atoms with E-state index in [-0.39, 0.29) is 47.8 Å². The molecule has 1 saturated heterocycles. The summed E-state index contributed by atoms with van der Waals surface area (Å²) in [5.41, 5.74) is -0.116. The molecule has 0 radical (unpaired) electrons. The highest BCUT2D eigenvalue weighted by molar-refractivity contribution is 7.09. The van der Waals surface area contributed by atoms with E-state index in [2.05, 4.69) is 22.1 Å². The number of aromatic nitrogens is 1. The quantitative estimate of drug-likeness (QED) is 0.377. The molecule has 1 aliphatic heterocycles. The van der Waals surface area contributed by atoms with Gasteiger partial charge in [0, 0.05) is 31.8 Å². The van der Waals surface area contributed by atoms with Crippen LogP contribution in [0.1, 0.15) is 88.8 Å². The number of thiazole rings is 1. The zero-order chi connectivity index (χ0) is 28.7. The molecule has 1 aliphatic rings. The number of carboxylic acid groups (broad SMARTS) is 1. The van der Waals surface area contributed by atoms with E-state index in [0.717, 1.165) is 30.7 Å². The first-order valence-corrected chi connectivity index (χ1v) is 14.3. The Morgan fingerprint density at radius 1 is 1.29 bits per heavy atom. The normalized spacial score (nSPS) is 21.3. The van der Waals surface area contributed by atoms with Crippen LogP contribution in [-0.4, -0.2) is 82.4 Å². The summed E-state index contributed by atoms with van der Waals surface area (Å²) in [6.07, 6.45) is 1.95. The lowest BCUT2D eigenvalue weighted by Crippen LogP contribution is -2.58. The monoisotopic (exact) mass is 552 g/mol. The lowest BCUT2D eigenvalue weighted by Gasteiger charge is -2.39. The van der Waals surface area contributed by atoms with Crippen molar-refractivity contribution in [3.63, 3.8) is 0 Å². The maximum absolute atomic E-state index is 13.9. The van der Waals surface area contributed by atoms with E-state index in [0.29, 0.717) is 17.3 Å². The fraction of sp³-hybridized carbons (Fsp3) is 0.741. The van der Waals surface area contributed by atoms with Crippen LogP contribution in [-0.2, 0) is 19.1 Å². The second-order valence-corrected chi connectivity index (χ2v) is 11.9. The highest BCUT2D eigenvalue weighted by atomic mass is 32.1. The lowest BCUT2D eigenvalue weighted by molar-refractivity contribution is -0.149. The summed E-state index contributed by atoms with van der Waals surface area (Å²) in [5, 5.41) is 14.1. The fourth-order valence-corrected chi connectivity index (χ4v) is 5.74. The number of carboxylic acids is 1. The summed E-state index contributed by atoms with van der Waals surface area (Å²) in [7, 11) is 3.65. The van der Waals surface area contributed by atoms with E-state index in [1.807, 2.05) is 34.7 Å². The zero-order valence-electron chi connectivity index (χ0n) is 23.9. The Balaban J connectivity index is 2.28. The van der Waals surface area contributed by atoms with Crippen LogP contribution in [0.15, 0.2) is 5.38 Å². The number of rotatable bonds is 12. The van der Waals surface area contributed by atoms with Crippen molar-refractivity contribution in [2.24, 2.45) is 17.8 Å². The van der Waals surface area contributed by atoms with Gasteiger partial charge in [-0.1, -0.05) is 41.0 Å². The van der Waals surface area contributed by atoms with E-state index in [1.54, 1.807) is 11.9 Å². The van der Waals surface area contributed by atoms with E-state index >= 15 is 0 Å². The highest BCUT2D eigenvalue weighted by Gasteiger charge is 2.37. The number of nitrogens with one attached hydrogen (secondary N) is 1. The van der Waals surface area contributed by atoms with Gasteiger partial charge in [-0.2, -0.15) is 0 Å². The number of nitrogens with zero attached hydrogens (tertiary/aromatic N) is 3. The molecule has 1 aromatic heterocycles. The largest absolute Gasteiger partial charge is 0.476 e. The third kappa shape index (κ3) is 8.23.